The molecule has 0 aromatic heterocycles. The van der Waals surface area contributed by atoms with Gasteiger partial charge >= 0.3 is 0 Å². The Hall–Kier alpha value is -2.38. The Morgan fingerprint density at radius 1 is 1.06 bits per heavy atom. The van der Waals surface area contributed by atoms with Crippen LogP contribution in [0, 0.1) is 0 Å². The van der Waals surface area contributed by atoms with Gasteiger partial charge in [-0.15, -0.1) is 0 Å². The fourth-order valence-electron chi connectivity index (χ4n) is 3.83. The zero-order valence-electron chi connectivity index (χ0n) is 17.5. The maximum atomic E-state index is 6.43. The van der Waals surface area contributed by atoms with E-state index in [1.54, 1.807) is 6.07 Å². The standard InChI is InChI=1S/C24H24Cl2N4OS/c25-20-9-8-17(22(26)15-20)14-18-6-7-19(23(18)30-10-12-31-13-11-30)16-27-29-24(32)28-21-4-2-1-3-5-21/h1-5,8-9,14-16H,6-7,10-13H2,(H2,28,29,32)/b18-14-,27-16-. The molecule has 2 aromatic rings. The summed E-state index contributed by atoms with van der Waals surface area (Å²) in [6, 6.07) is 15.4. The number of morpholine rings is 1. The molecule has 2 N–H and O–H groups in total. The van der Waals surface area contributed by atoms with Gasteiger partial charge in [-0.2, -0.15) is 5.10 Å². The first kappa shape index (κ1) is 22.8. The highest BCUT2D eigenvalue weighted by Crippen LogP contribution is 2.36. The molecule has 4 rings (SSSR count). The predicted octanol–water partition coefficient (Wildman–Crippen LogP) is 5.73. The smallest absolute Gasteiger partial charge is 0.191 e. The summed E-state index contributed by atoms with van der Waals surface area (Å²) in [6.45, 7) is 3.12. The van der Waals surface area contributed by atoms with Gasteiger partial charge in [-0.05, 0) is 72.1 Å². The van der Waals surface area contributed by atoms with E-state index in [4.69, 9.17) is 40.2 Å². The minimum absolute atomic E-state index is 0.447. The summed E-state index contributed by atoms with van der Waals surface area (Å²) in [7, 11) is 0. The number of rotatable bonds is 5. The first-order valence-electron chi connectivity index (χ1n) is 10.5. The first-order valence-corrected chi connectivity index (χ1v) is 11.6. The lowest BCUT2D eigenvalue weighted by molar-refractivity contribution is 0.0548. The maximum absolute atomic E-state index is 6.43. The van der Waals surface area contributed by atoms with Crippen molar-refractivity contribution in [2.24, 2.45) is 5.10 Å². The van der Waals surface area contributed by atoms with E-state index in [1.165, 1.54) is 16.8 Å². The molecule has 1 fully saturated rings. The van der Waals surface area contributed by atoms with Crippen LogP contribution in [0.1, 0.15) is 18.4 Å². The first-order chi connectivity index (χ1) is 15.6. The molecule has 0 amide bonds. The topological polar surface area (TPSA) is 48.9 Å². The lowest BCUT2D eigenvalue weighted by Crippen LogP contribution is -2.36. The normalized spacial score (nSPS) is 17.9. The summed E-state index contributed by atoms with van der Waals surface area (Å²) in [5.41, 5.74) is 8.40. The van der Waals surface area contributed by atoms with E-state index in [1.807, 2.05) is 48.7 Å². The number of nitrogens with zero attached hydrogens (tertiary/aromatic N) is 2. The van der Waals surface area contributed by atoms with Gasteiger partial charge in [-0.25, -0.2) is 0 Å². The minimum atomic E-state index is 0.447. The number of hydrogen-bond acceptors (Lipinski definition) is 4. The second-order valence-electron chi connectivity index (χ2n) is 7.50. The van der Waals surface area contributed by atoms with Crippen molar-refractivity contribution in [2.45, 2.75) is 12.8 Å². The van der Waals surface area contributed by atoms with Gasteiger partial charge in [0.2, 0.25) is 0 Å². The van der Waals surface area contributed by atoms with E-state index in [0.717, 1.165) is 37.2 Å². The summed E-state index contributed by atoms with van der Waals surface area (Å²) in [5, 5.41) is 9.24. The van der Waals surface area contributed by atoms with Gasteiger partial charge in [0, 0.05) is 34.5 Å². The third-order valence-corrected chi connectivity index (χ3v) is 6.07. The van der Waals surface area contributed by atoms with Crippen LogP contribution in [0.25, 0.3) is 6.08 Å². The van der Waals surface area contributed by atoms with Crippen molar-refractivity contribution in [3.05, 3.63) is 81.0 Å². The van der Waals surface area contributed by atoms with Crippen molar-refractivity contribution >= 4 is 58.5 Å². The summed E-state index contributed by atoms with van der Waals surface area (Å²) in [5.74, 6) is 0. The predicted molar refractivity (Wildman–Crippen MR) is 137 cm³/mol. The summed E-state index contributed by atoms with van der Waals surface area (Å²) < 4.78 is 5.56. The molecule has 0 atom stereocenters. The molecule has 2 aliphatic rings. The molecule has 0 radical (unpaired) electrons. The highest BCUT2D eigenvalue weighted by Gasteiger charge is 2.25. The molecular formula is C24H24Cl2N4OS. The maximum Gasteiger partial charge on any atom is 0.191 e. The van der Waals surface area contributed by atoms with Crippen LogP contribution in [0.5, 0.6) is 0 Å². The Morgan fingerprint density at radius 2 is 1.84 bits per heavy atom. The molecule has 5 nitrogen and oxygen atoms in total. The van der Waals surface area contributed by atoms with Gasteiger partial charge < -0.3 is 15.0 Å². The number of para-hydroxylation sites is 1. The van der Waals surface area contributed by atoms with Crippen molar-refractivity contribution in [1.29, 1.82) is 0 Å². The number of allylic oxidation sites excluding steroid dienone is 2. The summed E-state index contributed by atoms with van der Waals surface area (Å²) in [4.78, 5) is 2.37. The van der Waals surface area contributed by atoms with Gasteiger partial charge in [0.1, 0.15) is 0 Å². The van der Waals surface area contributed by atoms with E-state index >= 15 is 0 Å². The molecule has 32 heavy (non-hydrogen) atoms. The molecule has 0 spiro atoms. The van der Waals surface area contributed by atoms with Crippen LogP contribution >= 0.6 is 35.4 Å². The Kier molecular flexibility index (Phi) is 7.81. The lowest BCUT2D eigenvalue weighted by atomic mass is 10.1. The zero-order chi connectivity index (χ0) is 22.3. The lowest BCUT2D eigenvalue weighted by Gasteiger charge is -2.31. The SMILES string of the molecule is S=C(N/N=C\C1=C(N2CCOCC2)C(=C\c2ccc(Cl)cc2Cl)/CC1)Nc1ccccc1. The Labute approximate surface area is 203 Å². The number of halogens is 2. The number of thiocarbonyl (C=S) groups is 1. The molecule has 1 aliphatic carbocycles. The molecular weight excluding hydrogens is 463 g/mol. The molecule has 1 aliphatic heterocycles. The van der Waals surface area contributed by atoms with Crippen molar-refractivity contribution in [2.75, 3.05) is 31.6 Å². The number of hydrogen-bond donors (Lipinski definition) is 2. The quantitative estimate of drug-likeness (QED) is 0.321. The van der Waals surface area contributed by atoms with E-state index in [9.17, 15) is 0 Å². The van der Waals surface area contributed by atoms with E-state index < -0.39 is 0 Å². The highest BCUT2D eigenvalue weighted by molar-refractivity contribution is 7.80. The van der Waals surface area contributed by atoms with Gasteiger partial charge in [-0.1, -0.05) is 47.5 Å². The Bertz CT molecular complexity index is 1060. The largest absolute Gasteiger partial charge is 0.378 e. The van der Waals surface area contributed by atoms with Crippen LogP contribution in [0.3, 0.4) is 0 Å². The molecule has 166 valence electrons. The Morgan fingerprint density at radius 3 is 2.59 bits per heavy atom. The van der Waals surface area contributed by atoms with Crippen LogP contribution in [0.15, 0.2) is 70.5 Å². The summed E-state index contributed by atoms with van der Waals surface area (Å²) in [6.07, 6.45) is 5.83. The van der Waals surface area contributed by atoms with Crippen molar-refractivity contribution in [3.63, 3.8) is 0 Å². The van der Waals surface area contributed by atoms with Gasteiger partial charge in [-0.3, -0.25) is 5.43 Å². The second-order valence-corrected chi connectivity index (χ2v) is 8.75. The van der Waals surface area contributed by atoms with E-state index in [0.29, 0.717) is 28.4 Å². The highest BCUT2D eigenvalue weighted by atomic mass is 35.5. The summed E-state index contributed by atoms with van der Waals surface area (Å²) >= 11 is 17.8. The number of anilines is 1. The molecule has 0 bridgehead atoms. The van der Waals surface area contributed by atoms with Crippen molar-refractivity contribution in [3.8, 4) is 0 Å². The molecule has 1 heterocycles. The van der Waals surface area contributed by atoms with Gasteiger partial charge in [0.15, 0.2) is 5.11 Å². The molecule has 0 unspecified atom stereocenters. The molecule has 2 aromatic carbocycles. The number of ether oxygens (including phenoxy) is 1. The van der Waals surface area contributed by atoms with Crippen LogP contribution in [0.2, 0.25) is 10.0 Å². The molecule has 1 saturated heterocycles. The van der Waals surface area contributed by atoms with Gasteiger partial charge in [0.25, 0.3) is 0 Å². The van der Waals surface area contributed by atoms with Crippen LogP contribution in [-0.2, 0) is 4.74 Å². The number of nitrogens with one attached hydrogen (secondary N) is 2. The minimum Gasteiger partial charge on any atom is -0.378 e. The van der Waals surface area contributed by atoms with E-state index in [2.05, 4.69) is 26.8 Å². The Balaban J connectivity index is 1.54. The zero-order valence-corrected chi connectivity index (χ0v) is 19.8. The van der Waals surface area contributed by atoms with Gasteiger partial charge in [0.05, 0.1) is 19.4 Å². The van der Waals surface area contributed by atoms with Crippen molar-refractivity contribution in [1.82, 2.24) is 10.3 Å². The monoisotopic (exact) mass is 486 g/mol. The average Bonchev–Trinajstić information content (AvgIpc) is 3.19. The number of benzene rings is 2. The van der Waals surface area contributed by atoms with Crippen LogP contribution in [-0.4, -0.2) is 42.5 Å². The number of hydrazone groups is 1. The third-order valence-electron chi connectivity index (χ3n) is 5.31. The van der Waals surface area contributed by atoms with Crippen LogP contribution < -0.4 is 10.7 Å². The average molecular weight is 487 g/mol. The third kappa shape index (κ3) is 5.90. The molecule has 0 saturated carbocycles. The van der Waals surface area contributed by atoms with E-state index in [-0.39, 0.29) is 0 Å². The van der Waals surface area contributed by atoms with Crippen molar-refractivity contribution < 1.29 is 4.74 Å². The fourth-order valence-corrected chi connectivity index (χ4v) is 4.46. The second kappa shape index (κ2) is 11.0. The van der Waals surface area contributed by atoms with Crippen LogP contribution in [0.4, 0.5) is 5.69 Å². The fraction of sp³-hybridized carbons (Fsp3) is 0.250. The molecule has 8 heteroatoms.